The second-order valence-electron chi connectivity index (χ2n) is 6.35. The molecule has 0 N–H and O–H groups in total. The number of imidazole rings is 1. The Morgan fingerprint density at radius 1 is 1.29 bits per heavy atom. The van der Waals surface area contributed by atoms with E-state index in [9.17, 15) is 10.1 Å². The van der Waals surface area contributed by atoms with E-state index in [2.05, 4.69) is 19.9 Å². The normalized spacial score (nSPS) is 22.3. The summed E-state index contributed by atoms with van der Waals surface area (Å²) in [7, 11) is 0. The second kappa shape index (κ2) is 6.33. The van der Waals surface area contributed by atoms with Crippen molar-refractivity contribution in [3.63, 3.8) is 0 Å². The molecule has 2 fully saturated rings. The number of hydrogen-bond donors (Lipinski definition) is 0. The monoisotopic (exact) mass is 332 g/mol. The number of fused-ring (bicyclic) bond motifs is 1. The molecule has 9 nitrogen and oxygen atoms in total. The Hall–Kier alpha value is -2.26. The molecule has 24 heavy (non-hydrogen) atoms. The fraction of sp³-hybridized carbons (Fsp3) is 0.600. The summed E-state index contributed by atoms with van der Waals surface area (Å²) in [6.07, 6.45) is 2.40. The van der Waals surface area contributed by atoms with Crippen LogP contribution < -0.4 is 4.90 Å². The van der Waals surface area contributed by atoms with Gasteiger partial charge in [-0.05, 0) is 23.3 Å². The molecule has 0 saturated carbocycles. The van der Waals surface area contributed by atoms with Gasteiger partial charge in [0.05, 0.1) is 6.61 Å². The molecule has 2 aromatic heterocycles. The van der Waals surface area contributed by atoms with Crippen molar-refractivity contribution in [2.75, 3.05) is 50.8 Å². The minimum Gasteiger partial charge on any atom is -0.381 e. The molecule has 2 aromatic rings. The number of anilines is 1. The zero-order valence-electron chi connectivity index (χ0n) is 13.4. The van der Waals surface area contributed by atoms with Gasteiger partial charge in [-0.3, -0.25) is 4.90 Å². The van der Waals surface area contributed by atoms with Gasteiger partial charge in [0.2, 0.25) is 5.65 Å². The van der Waals surface area contributed by atoms with Crippen LogP contribution in [0.25, 0.3) is 5.65 Å². The van der Waals surface area contributed by atoms with Crippen LogP contribution in [0.3, 0.4) is 0 Å². The third-order valence-corrected chi connectivity index (χ3v) is 4.75. The molecule has 1 atom stereocenters. The molecular formula is C15H20N6O3. The number of rotatable bonds is 4. The largest absolute Gasteiger partial charge is 0.381 e. The summed E-state index contributed by atoms with van der Waals surface area (Å²) in [4.78, 5) is 19.2. The van der Waals surface area contributed by atoms with Crippen LogP contribution in [0, 0.1) is 16.0 Å². The second-order valence-corrected chi connectivity index (χ2v) is 6.35. The van der Waals surface area contributed by atoms with Gasteiger partial charge >= 0.3 is 5.82 Å². The summed E-state index contributed by atoms with van der Waals surface area (Å²) in [5.41, 5.74) is 0.491. The minimum atomic E-state index is -0.460. The number of hydrogen-bond acceptors (Lipinski definition) is 7. The van der Waals surface area contributed by atoms with Crippen molar-refractivity contribution in [2.24, 2.45) is 5.92 Å². The maximum absolute atomic E-state index is 11.0. The van der Waals surface area contributed by atoms with E-state index in [0.717, 1.165) is 58.2 Å². The molecule has 2 aliphatic rings. The Labute approximate surface area is 139 Å². The highest BCUT2D eigenvalue weighted by Crippen LogP contribution is 2.20. The van der Waals surface area contributed by atoms with Crippen LogP contribution in [0.1, 0.15) is 6.42 Å². The van der Waals surface area contributed by atoms with Crippen molar-refractivity contribution in [3.8, 4) is 0 Å². The van der Waals surface area contributed by atoms with Crippen LogP contribution in [0.2, 0.25) is 0 Å². The standard InChI is InChI=1S/C15H20N6O3/c22-21(23)15-9-16-13-1-2-14(17-20(13)15)19-6-4-18(5-7-19)10-12-3-8-24-11-12/h1-2,9,12H,3-8,10-11H2. The third-order valence-electron chi connectivity index (χ3n) is 4.75. The molecule has 0 aliphatic carbocycles. The van der Waals surface area contributed by atoms with Gasteiger partial charge in [0.15, 0.2) is 5.82 Å². The van der Waals surface area contributed by atoms with Crippen molar-refractivity contribution in [1.29, 1.82) is 0 Å². The van der Waals surface area contributed by atoms with E-state index >= 15 is 0 Å². The summed E-state index contributed by atoms with van der Waals surface area (Å²) in [6.45, 7) is 6.54. The zero-order chi connectivity index (χ0) is 16.5. The van der Waals surface area contributed by atoms with Crippen molar-refractivity contribution in [1.82, 2.24) is 19.5 Å². The zero-order valence-corrected chi connectivity index (χ0v) is 13.4. The molecule has 1 unspecified atom stereocenters. The van der Waals surface area contributed by atoms with Crippen LogP contribution in [-0.2, 0) is 4.74 Å². The Balaban J connectivity index is 1.44. The van der Waals surface area contributed by atoms with Crippen LogP contribution in [0.15, 0.2) is 18.3 Å². The molecule has 4 rings (SSSR count). The van der Waals surface area contributed by atoms with Crippen molar-refractivity contribution in [2.45, 2.75) is 6.42 Å². The lowest BCUT2D eigenvalue weighted by molar-refractivity contribution is -0.391. The van der Waals surface area contributed by atoms with Gasteiger partial charge in [-0.25, -0.2) is 4.98 Å². The number of nitrogens with zero attached hydrogens (tertiary/aromatic N) is 6. The predicted molar refractivity (Wildman–Crippen MR) is 87.2 cm³/mol. The Kier molecular flexibility index (Phi) is 4.03. The topological polar surface area (TPSA) is 89.0 Å². The van der Waals surface area contributed by atoms with E-state index < -0.39 is 4.92 Å². The third kappa shape index (κ3) is 2.92. The van der Waals surface area contributed by atoms with Crippen molar-refractivity contribution < 1.29 is 9.66 Å². The number of aromatic nitrogens is 3. The lowest BCUT2D eigenvalue weighted by atomic mass is 10.1. The maximum atomic E-state index is 11.0. The average molecular weight is 332 g/mol. The van der Waals surface area contributed by atoms with Gasteiger partial charge < -0.3 is 19.8 Å². The number of ether oxygens (including phenoxy) is 1. The van der Waals surface area contributed by atoms with E-state index in [-0.39, 0.29) is 5.82 Å². The van der Waals surface area contributed by atoms with Crippen LogP contribution in [-0.4, -0.2) is 70.4 Å². The van der Waals surface area contributed by atoms with Crippen LogP contribution in [0.5, 0.6) is 0 Å². The first kappa shape index (κ1) is 15.3. The minimum absolute atomic E-state index is 0.105. The molecule has 0 aromatic carbocycles. The average Bonchev–Trinajstić information content (AvgIpc) is 3.24. The highest BCUT2D eigenvalue weighted by Gasteiger charge is 2.24. The predicted octanol–water partition coefficient (Wildman–Crippen LogP) is 0.796. The molecule has 0 radical (unpaired) electrons. The Morgan fingerprint density at radius 2 is 2.12 bits per heavy atom. The van der Waals surface area contributed by atoms with Gasteiger partial charge in [-0.15, -0.1) is 0 Å². The molecule has 2 saturated heterocycles. The molecule has 0 spiro atoms. The summed E-state index contributed by atoms with van der Waals surface area (Å²) in [5.74, 6) is 1.30. The van der Waals surface area contributed by atoms with E-state index in [1.54, 1.807) is 6.07 Å². The van der Waals surface area contributed by atoms with Gasteiger partial charge in [-0.1, -0.05) is 9.61 Å². The van der Waals surface area contributed by atoms with Gasteiger partial charge in [-0.2, -0.15) is 0 Å². The smallest absolute Gasteiger partial charge is 0.368 e. The first-order chi connectivity index (χ1) is 11.7. The van der Waals surface area contributed by atoms with E-state index in [0.29, 0.717) is 11.6 Å². The van der Waals surface area contributed by atoms with Crippen molar-refractivity contribution in [3.05, 3.63) is 28.4 Å². The quantitative estimate of drug-likeness (QED) is 0.604. The van der Waals surface area contributed by atoms with E-state index in [4.69, 9.17) is 4.74 Å². The highest BCUT2D eigenvalue weighted by atomic mass is 16.6. The summed E-state index contributed by atoms with van der Waals surface area (Å²) >= 11 is 0. The maximum Gasteiger partial charge on any atom is 0.368 e. The van der Waals surface area contributed by atoms with Gasteiger partial charge in [0.25, 0.3) is 0 Å². The molecule has 0 bridgehead atoms. The molecule has 2 aliphatic heterocycles. The number of nitro groups is 1. The molecule has 128 valence electrons. The van der Waals surface area contributed by atoms with Gasteiger partial charge in [0, 0.05) is 45.4 Å². The highest BCUT2D eigenvalue weighted by molar-refractivity contribution is 5.49. The molecule has 4 heterocycles. The van der Waals surface area contributed by atoms with E-state index in [1.165, 1.54) is 10.7 Å². The van der Waals surface area contributed by atoms with Crippen LogP contribution in [0.4, 0.5) is 11.6 Å². The van der Waals surface area contributed by atoms with E-state index in [1.807, 2.05) is 6.07 Å². The Morgan fingerprint density at radius 3 is 2.83 bits per heavy atom. The summed E-state index contributed by atoms with van der Waals surface area (Å²) < 4.78 is 6.75. The summed E-state index contributed by atoms with van der Waals surface area (Å²) in [6, 6.07) is 3.66. The van der Waals surface area contributed by atoms with Gasteiger partial charge in [0.1, 0.15) is 6.20 Å². The number of piperazine rings is 1. The lowest BCUT2D eigenvalue weighted by Gasteiger charge is -2.35. The SMILES string of the molecule is O=[N+]([O-])c1cnc2ccc(N3CCN(CC4CCOC4)CC3)nn12. The fourth-order valence-electron chi connectivity index (χ4n) is 3.40. The molecule has 0 amide bonds. The molecule has 9 heteroatoms. The first-order valence-electron chi connectivity index (χ1n) is 8.25. The van der Waals surface area contributed by atoms with Crippen molar-refractivity contribution >= 4 is 17.3 Å². The lowest BCUT2D eigenvalue weighted by Crippen LogP contribution is -2.48. The fourth-order valence-corrected chi connectivity index (χ4v) is 3.40. The molecular weight excluding hydrogens is 312 g/mol. The first-order valence-corrected chi connectivity index (χ1v) is 8.25. The van der Waals surface area contributed by atoms with Crippen LogP contribution >= 0.6 is 0 Å². The summed E-state index contributed by atoms with van der Waals surface area (Å²) in [5, 5.41) is 15.5. The Bertz CT molecular complexity index is 734.